The molecule has 63 heavy (non-hydrogen) atoms. The van der Waals surface area contributed by atoms with E-state index in [1.165, 1.54) is 0 Å². The summed E-state index contributed by atoms with van der Waals surface area (Å²) < 4.78 is 34.4. The summed E-state index contributed by atoms with van der Waals surface area (Å²) in [5.74, 6) is -0.698. The van der Waals surface area contributed by atoms with E-state index in [1.807, 2.05) is 200 Å². The van der Waals surface area contributed by atoms with Gasteiger partial charge in [-0.1, -0.05) is 0 Å². The molecule has 0 saturated carbocycles. The molecule has 7 aromatic carbocycles. The Hall–Kier alpha value is -6.16. The summed E-state index contributed by atoms with van der Waals surface area (Å²) in [4.78, 5) is 20.8. The zero-order valence-corrected chi connectivity index (χ0v) is 36.4. The zero-order valence-electron chi connectivity index (χ0n) is 34.7. The van der Waals surface area contributed by atoms with E-state index in [1.54, 1.807) is 0 Å². The summed E-state index contributed by atoms with van der Waals surface area (Å²) in [7, 11) is 0. The zero-order chi connectivity index (χ0) is 42.9. The standard InChI is InChI=1S/C54H49NO7Se/c56-49(36-55-62-54(44-28-14-4-15-29-44,45-30-16-5-17-31-45)46-32-18-6-19-33-46)60-52-51(59-39-43-26-12-3-13-27-43)50(61-53(52)63-47-34-20-7-21-35-47)48(58-38-42-24-10-2-11-25-42)40-57-37-41-22-8-1-9-23-41/h1-36,48,50-53H,37-40H2/b55-36+/t48-,50+,51-,52+,53-/m0/s1. The molecule has 1 aliphatic rings. The van der Waals surface area contributed by atoms with Gasteiger partial charge in [0.2, 0.25) is 0 Å². The minimum absolute atomic E-state index is 0.207. The van der Waals surface area contributed by atoms with Gasteiger partial charge < -0.3 is 0 Å². The van der Waals surface area contributed by atoms with E-state index in [0.29, 0.717) is 13.2 Å². The van der Waals surface area contributed by atoms with Crippen molar-refractivity contribution in [1.82, 2.24) is 0 Å². The van der Waals surface area contributed by atoms with E-state index in [9.17, 15) is 4.79 Å². The SMILES string of the molecule is O=C(/C=N/OC(c1ccccc1)(c1ccccc1)c1ccccc1)O[C@@H]1[C@@H](OCc2ccccc2)[C@@H]([C@H](COCc2ccccc2)OCc2ccccc2)O[C@H]1[Se]c1ccccc1. The van der Waals surface area contributed by atoms with Gasteiger partial charge in [-0.05, 0) is 0 Å². The van der Waals surface area contributed by atoms with Crippen molar-refractivity contribution >= 4 is 31.6 Å². The van der Waals surface area contributed by atoms with Crippen LogP contribution in [0.15, 0.2) is 217 Å². The molecule has 1 fully saturated rings. The molecule has 1 saturated heterocycles. The molecule has 8 nitrogen and oxygen atoms in total. The van der Waals surface area contributed by atoms with Crippen LogP contribution in [0.25, 0.3) is 0 Å². The van der Waals surface area contributed by atoms with Gasteiger partial charge in [0.05, 0.1) is 0 Å². The fourth-order valence-corrected chi connectivity index (χ4v) is 9.96. The van der Waals surface area contributed by atoms with Gasteiger partial charge in [0.25, 0.3) is 0 Å². The van der Waals surface area contributed by atoms with Crippen molar-refractivity contribution in [2.75, 3.05) is 6.61 Å². The number of carbonyl (C=O) groups is 1. The number of hydrogen-bond donors (Lipinski definition) is 0. The second kappa shape index (κ2) is 22.3. The second-order valence-corrected chi connectivity index (χ2v) is 17.5. The number of rotatable bonds is 20. The Labute approximate surface area is 375 Å². The molecule has 0 aliphatic carbocycles. The molecule has 0 amide bonds. The Bertz CT molecular complexity index is 2330. The van der Waals surface area contributed by atoms with Crippen molar-refractivity contribution in [3.05, 3.63) is 246 Å². The van der Waals surface area contributed by atoms with Gasteiger partial charge in [0, 0.05) is 0 Å². The van der Waals surface area contributed by atoms with Crippen molar-refractivity contribution in [2.24, 2.45) is 5.16 Å². The molecule has 9 heteroatoms. The minimum atomic E-state index is -1.18. The van der Waals surface area contributed by atoms with Crippen LogP contribution in [0, 0.1) is 0 Å². The number of hydrogen-bond acceptors (Lipinski definition) is 8. The van der Waals surface area contributed by atoms with Gasteiger partial charge in [-0.3, -0.25) is 0 Å². The summed E-state index contributed by atoms with van der Waals surface area (Å²) >= 11 is -0.305. The Kier molecular flexibility index (Phi) is 15.4. The number of ether oxygens (including phenoxy) is 5. The van der Waals surface area contributed by atoms with Crippen molar-refractivity contribution in [2.45, 2.75) is 54.8 Å². The van der Waals surface area contributed by atoms with E-state index in [0.717, 1.165) is 44.1 Å². The van der Waals surface area contributed by atoms with Crippen LogP contribution in [0.3, 0.4) is 0 Å². The molecular formula is C54H49NO7Se. The summed E-state index contributed by atoms with van der Waals surface area (Å²) in [6, 6.07) is 69.6. The molecule has 0 N–H and O–H groups in total. The van der Waals surface area contributed by atoms with Gasteiger partial charge in [-0.2, -0.15) is 0 Å². The first-order valence-corrected chi connectivity index (χ1v) is 22.9. The average Bonchev–Trinajstić information content (AvgIpc) is 3.68. The number of nitrogens with zero attached hydrogens (tertiary/aromatic N) is 1. The van der Waals surface area contributed by atoms with Crippen molar-refractivity contribution in [1.29, 1.82) is 0 Å². The second-order valence-electron chi connectivity index (χ2n) is 15.0. The quantitative estimate of drug-likeness (QED) is 0.0248. The van der Waals surface area contributed by atoms with E-state index < -0.39 is 41.0 Å². The van der Waals surface area contributed by atoms with Crippen molar-refractivity contribution in [3.8, 4) is 0 Å². The van der Waals surface area contributed by atoms with Crippen molar-refractivity contribution < 1.29 is 33.3 Å². The van der Waals surface area contributed by atoms with Crippen LogP contribution in [0.5, 0.6) is 0 Å². The molecule has 7 aromatic rings. The molecule has 0 radical (unpaired) electrons. The molecule has 0 unspecified atom stereocenters. The predicted octanol–water partition coefficient (Wildman–Crippen LogP) is 9.03. The first kappa shape index (κ1) is 43.5. The fourth-order valence-electron chi connectivity index (χ4n) is 7.63. The Balaban J connectivity index is 1.11. The van der Waals surface area contributed by atoms with Crippen LogP contribution < -0.4 is 4.46 Å². The summed E-state index contributed by atoms with van der Waals surface area (Å²) in [5.41, 5.74) is 4.37. The van der Waals surface area contributed by atoms with Crippen LogP contribution in [-0.2, 0) is 58.7 Å². The molecule has 0 spiro atoms. The molecule has 0 aromatic heterocycles. The van der Waals surface area contributed by atoms with E-state index >= 15 is 0 Å². The van der Waals surface area contributed by atoms with Gasteiger partial charge in [0.15, 0.2) is 0 Å². The third-order valence-corrected chi connectivity index (χ3v) is 13.1. The topological polar surface area (TPSA) is 84.8 Å². The monoisotopic (exact) mass is 903 g/mol. The van der Waals surface area contributed by atoms with Gasteiger partial charge in [0.1, 0.15) is 0 Å². The maximum absolute atomic E-state index is 14.2. The Morgan fingerprint density at radius 3 is 1.52 bits per heavy atom. The van der Waals surface area contributed by atoms with Crippen LogP contribution in [0.4, 0.5) is 0 Å². The average molecular weight is 903 g/mol. The van der Waals surface area contributed by atoms with E-state index in [-0.39, 0.29) is 28.2 Å². The molecule has 1 aliphatic heterocycles. The van der Waals surface area contributed by atoms with Crippen LogP contribution in [-0.4, -0.2) is 63.2 Å². The van der Waals surface area contributed by atoms with E-state index in [2.05, 4.69) is 17.3 Å². The molecular weight excluding hydrogens is 854 g/mol. The number of carbonyl (C=O) groups excluding carboxylic acids is 1. The maximum atomic E-state index is 14.2. The molecule has 318 valence electrons. The fraction of sp³-hybridized carbons (Fsp3) is 0.185. The number of benzene rings is 7. The normalized spacial score (nSPS) is 17.9. The summed E-state index contributed by atoms with van der Waals surface area (Å²) in [5, 5.41) is 3.86. The van der Waals surface area contributed by atoms with E-state index in [4.69, 9.17) is 28.5 Å². The number of esters is 1. The first-order valence-electron chi connectivity index (χ1n) is 21.0. The third-order valence-electron chi connectivity index (χ3n) is 10.7. The molecule has 8 rings (SSSR count). The van der Waals surface area contributed by atoms with Gasteiger partial charge in [-0.15, -0.1) is 0 Å². The molecule has 0 bridgehead atoms. The molecule has 5 atom stereocenters. The summed E-state index contributed by atoms with van der Waals surface area (Å²) in [6.45, 7) is 1.17. The van der Waals surface area contributed by atoms with Crippen LogP contribution in [0.1, 0.15) is 33.4 Å². The molecule has 1 heterocycles. The third kappa shape index (κ3) is 11.5. The Morgan fingerprint density at radius 2 is 1.02 bits per heavy atom. The summed E-state index contributed by atoms with van der Waals surface area (Å²) in [6.07, 6.45) is -1.73. The van der Waals surface area contributed by atoms with Gasteiger partial charge >= 0.3 is 377 Å². The first-order chi connectivity index (χ1) is 31.2. The van der Waals surface area contributed by atoms with Crippen molar-refractivity contribution in [3.63, 3.8) is 0 Å². The van der Waals surface area contributed by atoms with Crippen LogP contribution >= 0.6 is 0 Å². The van der Waals surface area contributed by atoms with Gasteiger partial charge in [-0.25, -0.2) is 0 Å². The van der Waals surface area contributed by atoms with Crippen LogP contribution in [0.2, 0.25) is 0 Å². The predicted molar refractivity (Wildman–Crippen MR) is 245 cm³/mol. The Morgan fingerprint density at radius 1 is 0.571 bits per heavy atom. The number of oxime groups is 1.